The summed E-state index contributed by atoms with van der Waals surface area (Å²) in [6.07, 6.45) is 7.95. The van der Waals surface area contributed by atoms with E-state index in [4.69, 9.17) is 10.5 Å². The molecule has 6 nitrogen and oxygen atoms in total. The summed E-state index contributed by atoms with van der Waals surface area (Å²) < 4.78 is 20.1. The third-order valence-electron chi connectivity index (χ3n) is 7.28. The number of H-pyrrole nitrogens is 2. The third kappa shape index (κ3) is 4.89. The molecule has 200 valence electrons. The number of hydrogen-bond donors (Lipinski definition) is 3. The van der Waals surface area contributed by atoms with Gasteiger partial charge in [0, 0.05) is 40.5 Å². The zero-order chi connectivity index (χ0) is 27.8. The smallest absolute Gasteiger partial charge is 0.138 e. The van der Waals surface area contributed by atoms with Crippen LogP contribution in [0.25, 0.3) is 39.0 Å². The summed E-state index contributed by atoms with van der Waals surface area (Å²) in [5, 5.41) is 8.78. The van der Waals surface area contributed by atoms with Crippen LogP contribution in [0.3, 0.4) is 0 Å². The van der Waals surface area contributed by atoms with Crippen molar-refractivity contribution in [2.75, 3.05) is 0 Å². The van der Waals surface area contributed by atoms with Crippen LogP contribution in [0.2, 0.25) is 0 Å². The third-order valence-corrected chi connectivity index (χ3v) is 7.28. The number of nitrogens with zero attached hydrogens (tertiary/aromatic N) is 2. The van der Waals surface area contributed by atoms with Crippen LogP contribution >= 0.6 is 0 Å². The molecule has 3 aromatic carbocycles. The average Bonchev–Trinajstić information content (AvgIpc) is 3.57. The number of nitrogens with two attached hydrogens (primary N) is 1. The molecular formula is C34H26FN5O. The van der Waals surface area contributed by atoms with Crippen molar-refractivity contribution < 1.29 is 9.13 Å². The van der Waals surface area contributed by atoms with Gasteiger partial charge in [0.2, 0.25) is 0 Å². The Kier molecular flexibility index (Phi) is 6.17. The fourth-order valence-electron chi connectivity index (χ4n) is 5.25. The maximum Gasteiger partial charge on any atom is 0.138 e. The van der Waals surface area contributed by atoms with Crippen LogP contribution in [0.1, 0.15) is 22.4 Å². The number of allylic oxidation sites excluding steroid dienone is 3. The zero-order valence-corrected chi connectivity index (χ0v) is 22.1. The molecule has 0 aliphatic heterocycles. The molecule has 0 saturated carbocycles. The Labute approximate surface area is 236 Å². The molecule has 4 N–H and O–H groups in total. The van der Waals surface area contributed by atoms with Crippen LogP contribution in [-0.4, -0.2) is 20.2 Å². The van der Waals surface area contributed by atoms with Gasteiger partial charge in [0.15, 0.2) is 0 Å². The van der Waals surface area contributed by atoms with Crippen LogP contribution in [0.5, 0.6) is 5.75 Å². The van der Waals surface area contributed by atoms with Crippen LogP contribution in [0.15, 0.2) is 115 Å². The summed E-state index contributed by atoms with van der Waals surface area (Å²) in [5.74, 6) is 0.422. The Morgan fingerprint density at radius 3 is 2.63 bits per heavy atom. The molecule has 0 bridgehead atoms. The second-order valence-corrected chi connectivity index (χ2v) is 10.1. The average molecular weight is 540 g/mol. The summed E-state index contributed by atoms with van der Waals surface area (Å²) in [6.45, 7) is 0.472. The predicted octanol–water partition coefficient (Wildman–Crippen LogP) is 7.17. The number of rotatable bonds is 6. The molecule has 1 aliphatic rings. The van der Waals surface area contributed by atoms with E-state index in [1.807, 2.05) is 72.9 Å². The minimum atomic E-state index is -0.281. The lowest BCUT2D eigenvalue weighted by atomic mass is 9.97. The van der Waals surface area contributed by atoms with Crippen molar-refractivity contribution >= 4 is 16.5 Å². The van der Waals surface area contributed by atoms with Gasteiger partial charge in [-0.25, -0.2) is 4.39 Å². The van der Waals surface area contributed by atoms with Crippen LogP contribution in [-0.2, 0) is 13.0 Å². The largest absolute Gasteiger partial charge is 0.487 e. The Hall–Kier alpha value is -5.43. The van der Waals surface area contributed by atoms with Crippen LogP contribution in [0, 0.1) is 5.82 Å². The first-order valence-electron chi connectivity index (χ1n) is 13.4. The first kappa shape index (κ1) is 24.6. The fourth-order valence-corrected chi connectivity index (χ4v) is 5.25. The maximum atomic E-state index is 14.1. The molecule has 0 spiro atoms. The Morgan fingerprint density at radius 1 is 0.854 bits per heavy atom. The number of halogens is 1. The van der Waals surface area contributed by atoms with E-state index in [1.54, 1.807) is 18.3 Å². The van der Waals surface area contributed by atoms with Crippen molar-refractivity contribution in [2.45, 2.75) is 13.0 Å². The molecule has 1 aliphatic carbocycles. The Bertz CT molecular complexity index is 1950. The van der Waals surface area contributed by atoms with Crippen molar-refractivity contribution in [1.29, 1.82) is 0 Å². The number of pyridine rings is 1. The number of hydrogen-bond acceptors (Lipinski definition) is 4. The van der Waals surface area contributed by atoms with E-state index in [-0.39, 0.29) is 5.82 Å². The van der Waals surface area contributed by atoms with Crippen molar-refractivity contribution in [3.05, 3.63) is 143 Å². The molecule has 7 rings (SSSR count). The summed E-state index contributed by atoms with van der Waals surface area (Å²) in [4.78, 5) is 7.96. The lowest BCUT2D eigenvalue weighted by Gasteiger charge is -2.08. The SMILES string of the molecule is NC1=CC=C(c2cccc(F)c2)c2cc(-c3n[nH]c4ccc(-c5cncc(OCc6ccccc6)c5)cc34)[nH]c2C1. The molecular weight excluding hydrogens is 513 g/mol. The number of aromatic nitrogens is 4. The molecule has 0 saturated heterocycles. The number of ether oxygens (including phenoxy) is 1. The Balaban J connectivity index is 1.24. The highest BCUT2D eigenvalue weighted by Gasteiger charge is 2.20. The molecule has 41 heavy (non-hydrogen) atoms. The van der Waals surface area contributed by atoms with E-state index < -0.39 is 0 Å². The highest BCUT2D eigenvalue weighted by molar-refractivity contribution is 5.96. The minimum absolute atomic E-state index is 0.281. The van der Waals surface area contributed by atoms with E-state index in [0.717, 1.165) is 67.1 Å². The van der Waals surface area contributed by atoms with Gasteiger partial charge < -0.3 is 15.5 Å². The molecule has 3 aromatic heterocycles. The van der Waals surface area contributed by atoms with E-state index >= 15 is 0 Å². The van der Waals surface area contributed by atoms with Gasteiger partial charge >= 0.3 is 0 Å². The van der Waals surface area contributed by atoms with E-state index in [0.29, 0.717) is 18.8 Å². The first-order valence-corrected chi connectivity index (χ1v) is 13.4. The molecule has 7 heteroatoms. The van der Waals surface area contributed by atoms with Crippen molar-refractivity contribution in [1.82, 2.24) is 20.2 Å². The normalized spacial score (nSPS) is 12.9. The fraction of sp³-hybridized carbons (Fsp3) is 0.0588. The predicted molar refractivity (Wildman–Crippen MR) is 159 cm³/mol. The zero-order valence-electron chi connectivity index (χ0n) is 22.1. The number of fused-ring (bicyclic) bond motifs is 2. The lowest BCUT2D eigenvalue weighted by molar-refractivity contribution is 0.305. The molecule has 0 amide bonds. The van der Waals surface area contributed by atoms with Crippen molar-refractivity contribution in [3.8, 4) is 28.3 Å². The molecule has 0 unspecified atom stereocenters. The van der Waals surface area contributed by atoms with Gasteiger partial charge in [0.1, 0.15) is 23.9 Å². The van der Waals surface area contributed by atoms with E-state index in [9.17, 15) is 4.39 Å². The van der Waals surface area contributed by atoms with Crippen LogP contribution in [0.4, 0.5) is 4.39 Å². The quantitative estimate of drug-likeness (QED) is 0.209. The maximum absolute atomic E-state index is 14.1. The van der Waals surface area contributed by atoms with Gasteiger partial charge in [0.25, 0.3) is 0 Å². The summed E-state index contributed by atoms with van der Waals surface area (Å²) in [6, 6.07) is 26.9. The molecule has 3 heterocycles. The van der Waals surface area contributed by atoms with Crippen molar-refractivity contribution in [2.24, 2.45) is 5.73 Å². The molecule has 0 atom stereocenters. The monoisotopic (exact) mass is 539 g/mol. The van der Waals surface area contributed by atoms with Gasteiger partial charge in [-0.2, -0.15) is 5.10 Å². The first-order chi connectivity index (χ1) is 20.1. The molecule has 0 radical (unpaired) electrons. The number of nitrogens with one attached hydrogen (secondary N) is 2. The van der Waals surface area contributed by atoms with Gasteiger partial charge in [-0.05, 0) is 64.7 Å². The highest BCUT2D eigenvalue weighted by atomic mass is 19.1. The molecule has 6 aromatic rings. The standard InChI is InChI=1S/C34H26FN5O/c35-25-8-4-7-23(13-25)28-11-10-26(36)16-32-29(28)17-33(38-32)34-30-15-22(9-12-31(30)39-40-34)24-14-27(19-37-18-24)41-20-21-5-2-1-3-6-21/h1-15,17-19,38H,16,20,36H2,(H,39,40). The number of aromatic amines is 2. The van der Waals surface area contributed by atoms with Crippen LogP contribution < -0.4 is 10.5 Å². The van der Waals surface area contributed by atoms with Gasteiger partial charge in [0.05, 0.1) is 17.4 Å². The number of benzene rings is 3. The van der Waals surface area contributed by atoms with Gasteiger partial charge in [-0.15, -0.1) is 0 Å². The second kappa shape index (κ2) is 10.3. The second-order valence-electron chi connectivity index (χ2n) is 10.1. The minimum Gasteiger partial charge on any atom is -0.487 e. The molecule has 0 fully saturated rings. The highest BCUT2D eigenvalue weighted by Crippen LogP contribution is 2.36. The van der Waals surface area contributed by atoms with Gasteiger partial charge in [-0.1, -0.05) is 54.6 Å². The van der Waals surface area contributed by atoms with E-state index in [2.05, 4.69) is 32.3 Å². The lowest BCUT2D eigenvalue weighted by Crippen LogP contribution is -2.01. The van der Waals surface area contributed by atoms with Crippen molar-refractivity contribution in [3.63, 3.8) is 0 Å². The Morgan fingerprint density at radius 2 is 1.76 bits per heavy atom. The van der Waals surface area contributed by atoms with Gasteiger partial charge in [-0.3, -0.25) is 10.1 Å². The summed E-state index contributed by atoms with van der Waals surface area (Å²) in [7, 11) is 0. The topological polar surface area (TPSA) is 92.6 Å². The van der Waals surface area contributed by atoms with E-state index in [1.165, 1.54) is 6.07 Å². The summed E-state index contributed by atoms with van der Waals surface area (Å²) in [5.41, 5.74) is 16.2. The summed E-state index contributed by atoms with van der Waals surface area (Å²) >= 11 is 0.